The zero-order valence-corrected chi connectivity index (χ0v) is 17.1. The normalized spacial score (nSPS) is 16.7. The Hall–Kier alpha value is -2.49. The number of carbonyl (C=O) groups excluding carboxylic acids is 1. The van der Waals surface area contributed by atoms with Crippen LogP contribution in [0.25, 0.3) is 0 Å². The number of rotatable bonds is 5. The maximum atomic E-state index is 13.2. The molecule has 1 aliphatic rings. The third-order valence-corrected chi connectivity index (χ3v) is 6.24. The quantitative estimate of drug-likeness (QED) is 0.735. The number of nitrogens with one attached hydrogen (secondary N) is 2. The summed E-state index contributed by atoms with van der Waals surface area (Å²) < 4.78 is 0. The number of benzene rings is 1. The predicted molar refractivity (Wildman–Crippen MR) is 113 cm³/mol. The summed E-state index contributed by atoms with van der Waals surface area (Å²) in [6.07, 6.45) is 0. The van der Waals surface area contributed by atoms with Gasteiger partial charge in [-0.3, -0.25) is 4.79 Å². The second-order valence-electron chi connectivity index (χ2n) is 6.17. The maximum absolute atomic E-state index is 13.2. The minimum Gasteiger partial charge on any atom is -0.353 e. The van der Waals surface area contributed by atoms with Crippen molar-refractivity contribution in [3.63, 3.8) is 0 Å². The first-order valence-electron chi connectivity index (χ1n) is 8.72. The highest BCUT2D eigenvalue weighted by molar-refractivity contribution is 8.03. The molecule has 0 spiro atoms. The van der Waals surface area contributed by atoms with Crippen molar-refractivity contribution >= 4 is 34.7 Å². The van der Waals surface area contributed by atoms with Crippen LogP contribution in [0.2, 0.25) is 0 Å². The summed E-state index contributed by atoms with van der Waals surface area (Å²) in [7, 11) is 0. The van der Waals surface area contributed by atoms with Gasteiger partial charge in [0.25, 0.3) is 5.91 Å². The lowest BCUT2D eigenvalue weighted by atomic mass is 9.86. The number of thiophene rings is 1. The molecule has 1 aromatic heterocycles. The van der Waals surface area contributed by atoms with Gasteiger partial charge in [0.15, 0.2) is 0 Å². The Morgan fingerprint density at radius 3 is 2.70 bits per heavy atom. The summed E-state index contributed by atoms with van der Waals surface area (Å²) in [6, 6.07) is 14.0. The van der Waals surface area contributed by atoms with Crippen LogP contribution in [-0.4, -0.2) is 11.7 Å². The second-order valence-corrected chi connectivity index (χ2v) is 8.42. The number of amides is 1. The number of nitrogens with zero attached hydrogens (tertiary/aromatic N) is 1. The van der Waals surface area contributed by atoms with E-state index in [-0.39, 0.29) is 11.8 Å². The van der Waals surface area contributed by atoms with E-state index in [4.69, 9.17) is 0 Å². The lowest BCUT2D eigenvalue weighted by molar-refractivity contribution is -0.113. The third kappa shape index (κ3) is 3.95. The molecule has 0 saturated heterocycles. The number of hydrogen-bond donors (Lipinski definition) is 2. The van der Waals surface area contributed by atoms with E-state index < -0.39 is 0 Å². The number of nitriles is 1. The Labute approximate surface area is 168 Å². The standard InChI is InChI=1S/C21H21N3OS2/c1-4-26-21-15(12-22)19(17-10-7-11-27-17)18(14(3)23-21)20(25)24-16-9-6-5-8-13(16)2/h5-11,19,23H,4H2,1-3H3,(H,24,25)/t19-/m0/s1. The molecule has 1 aromatic carbocycles. The van der Waals surface area contributed by atoms with Gasteiger partial charge in [-0.05, 0) is 42.7 Å². The molecule has 138 valence electrons. The molecule has 0 bridgehead atoms. The van der Waals surface area contributed by atoms with Crippen molar-refractivity contribution in [3.05, 3.63) is 74.1 Å². The molecule has 1 amide bonds. The van der Waals surface area contributed by atoms with E-state index in [1.807, 2.05) is 62.5 Å². The summed E-state index contributed by atoms with van der Waals surface area (Å²) in [4.78, 5) is 14.2. The van der Waals surface area contributed by atoms with E-state index in [0.717, 1.165) is 32.6 Å². The van der Waals surface area contributed by atoms with Crippen molar-refractivity contribution < 1.29 is 4.79 Å². The van der Waals surface area contributed by atoms with Crippen LogP contribution in [0.15, 0.2) is 63.7 Å². The number of carbonyl (C=O) groups is 1. The molecule has 2 aromatic rings. The Morgan fingerprint density at radius 1 is 1.30 bits per heavy atom. The molecular weight excluding hydrogens is 374 g/mol. The molecule has 2 heterocycles. The molecule has 2 N–H and O–H groups in total. The number of allylic oxidation sites excluding steroid dienone is 2. The van der Waals surface area contributed by atoms with Gasteiger partial charge < -0.3 is 10.6 Å². The van der Waals surface area contributed by atoms with Crippen LogP contribution in [0.4, 0.5) is 5.69 Å². The van der Waals surface area contributed by atoms with Crippen LogP contribution >= 0.6 is 23.1 Å². The van der Waals surface area contributed by atoms with Crippen LogP contribution in [0.5, 0.6) is 0 Å². The van der Waals surface area contributed by atoms with Crippen LogP contribution in [0.3, 0.4) is 0 Å². The van der Waals surface area contributed by atoms with Gasteiger partial charge in [-0.25, -0.2) is 0 Å². The fourth-order valence-electron chi connectivity index (χ4n) is 3.11. The zero-order valence-electron chi connectivity index (χ0n) is 15.5. The van der Waals surface area contributed by atoms with Gasteiger partial charge in [-0.1, -0.05) is 31.2 Å². The van der Waals surface area contributed by atoms with Crippen LogP contribution < -0.4 is 10.6 Å². The second kappa shape index (κ2) is 8.47. The zero-order chi connectivity index (χ0) is 19.4. The Kier molecular flexibility index (Phi) is 6.04. The highest BCUT2D eigenvalue weighted by Gasteiger charge is 2.35. The number of anilines is 1. The van der Waals surface area contributed by atoms with Crippen LogP contribution in [-0.2, 0) is 4.79 Å². The lowest BCUT2D eigenvalue weighted by Gasteiger charge is -2.29. The molecule has 6 heteroatoms. The molecule has 0 aliphatic carbocycles. The molecular formula is C21H21N3OS2. The molecule has 27 heavy (non-hydrogen) atoms. The minimum absolute atomic E-state index is 0.180. The van der Waals surface area contributed by atoms with E-state index in [1.54, 1.807) is 23.1 Å². The SMILES string of the molecule is CCSC1=C(C#N)[C@@H](c2cccs2)C(C(=O)Nc2ccccc2C)=C(C)N1. The molecule has 3 rings (SSSR count). The van der Waals surface area contributed by atoms with E-state index in [0.29, 0.717) is 11.1 Å². The van der Waals surface area contributed by atoms with Crippen LogP contribution in [0, 0.1) is 18.3 Å². The molecule has 1 aliphatic heterocycles. The van der Waals surface area contributed by atoms with E-state index >= 15 is 0 Å². The molecule has 0 unspecified atom stereocenters. The average Bonchev–Trinajstić information content (AvgIpc) is 3.17. The first kappa shape index (κ1) is 19.3. The molecule has 0 saturated carbocycles. The maximum Gasteiger partial charge on any atom is 0.254 e. The summed E-state index contributed by atoms with van der Waals surface area (Å²) >= 11 is 3.16. The number of aryl methyl sites for hydroxylation is 1. The fourth-order valence-corrected chi connectivity index (χ4v) is 4.79. The Bertz CT molecular complexity index is 952. The van der Waals surface area contributed by atoms with Gasteiger partial charge in [0.05, 0.1) is 22.6 Å². The van der Waals surface area contributed by atoms with Gasteiger partial charge in [0.2, 0.25) is 0 Å². The van der Waals surface area contributed by atoms with Crippen molar-refractivity contribution in [3.8, 4) is 6.07 Å². The molecule has 0 fully saturated rings. The van der Waals surface area contributed by atoms with Gasteiger partial charge in [0, 0.05) is 21.8 Å². The average molecular weight is 396 g/mol. The highest BCUT2D eigenvalue weighted by Crippen LogP contribution is 2.42. The van der Waals surface area contributed by atoms with Gasteiger partial charge in [0.1, 0.15) is 0 Å². The van der Waals surface area contributed by atoms with Gasteiger partial charge in [-0.15, -0.1) is 23.1 Å². The minimum atomic E-state index is -0.352. The summed E-state index contributed by atoms with van der Waals surface area (Å²) in [5.74, 6) is 0.318. The van der Waals surface area contributed by atoms with Crippen molar-refractivity contribution in [2.45, 2.75) is 26.7 Å². The van der Waals surface area contributed by atoms with Crippen molar-refractivity contribution in [2.75, 3.05) is 11.1 Å². The fraction of sp³-hybridized carbons (Fsp3) is 0.238. The largest absolute Gasteiger partial charge is 0.353 e. The summed E-state index contributed by atoms with van der Waals surface area (Å²) in [5.41, 5.74) is 3.76. The first-order chi connectivity index (χ1) is 13.1. The highest BCUT2D eigenvalue weighted by atomic mass is 32.2. The predicted octanol–water partition coefficient (Wildman–Crippen LogP) is 5.14. The van der Waals surface area contributed by atoms with E-state index in [9.17, 15) is 10.1 Å². The summed E-state index contributed by atoms with van der Waals surface area (Å²) in [6.45, 7) is 5.91. The van der Waals surface area contributed by atoms with Crippen molar-refractivity contribution in [1.82, 2.24) is 5.32 Å². The van der Waals surface area contributed by atoms with E-state index in [2.05, 4.69) is 16.7 Å². The molecule has 4 nitrogen and oxygen atoms in total. The topological polar surface area (TPSA) is 64.9 Å². The third-order valence-electron chi connectivity index (χ3n) is 4.40. The molecule has 1 atom stereocenters. The smallest absolute Gasteiger partial charge is 0.254 e. The van der Waals surface area contributed by atoms with Gasteiger partial charge in [-0.2, -0.15) is 5.26 Å². The number of dihydropyridines is 1. The Morgan fingerprint density at radius 2 is 2.07 bits per heavy atom. The van der Waals surface area contributed by atoms with Gasteiger partial charge >= 0.3 is 0 Å². The lowest BCUT2D eigenvalue weighted by Crippen LogP contribution is -2.30. The number of thioether (sulfide) groups is 1. The van der Waals surface area contributed by atoms with Crippen molar-refractivity contribution in [2.24, 2.45) is 0 Å². The monoisotopic (exact) mass is 395 g/mol. The summed E-state index contributed by atoms with van der Waals surface area (Å²) in [5, 5.41) is 19.0. The molecule has 0 radical (unpaired) electrons. The van der Waals surface area contributed by atoms with E-state index in [1.165, 1.54) is 0 Å². The number of para-hydroxylation sites is 1. The Balaban J connectivity index is 2.04. The van der Waals surface area contributed by atoms with Crippen molar-refractivity contribution in [1.29, 1.82) is 5.26 Å². The number of hydrogen-bond acceptors (Lipinski definition) is 5. The first-order valence-corrected chi connectivity index (χ1v) is 10.6. The van der Waals surface area contributed by atoms with Crippen LogP contribution in [0.1, 0.15) is 30.2 Å².